The summed E-state index contributed by atoms with van der Waals surface area (Å²) >= 11 is 2.04. The van der Waals surface area contributed by atoms with E-state index in [2.05, 4.69) is 5.32 Å². The first-order chi connectivity index (χ1) is 6.70. The molecular formula is C10H20N2OS. The van der Waals surface area contributed by atoms with Crippen molar-refractivity contribution in [1.29, 1.82) is 0 Å². The van der Waals surface area contributed by atoms with Gasteiger partial charge in [-0.15, -0.1) is 0 Å². The monoisotopic (exact) mass is 216 g/mol. The van der Waals surface area contributed by atoms with Crippen molar-refractivity contribution in [2.75, 3.05) is 18.8 Å². The van der Waals surface area contributed by atoms with Crippen molar-refractivity contribution in [3.8, 4) is 0 Å². The van der Waals surface area contributed by atoms with E-state index < -0.39 is 0 Å². The summed E-state index contributed by atoms with van der Waals surface area (Å²) in [5, 5.41) is 4.05. The lowest BCUT2D eigenvalue weighted by molar-refractivity contribution is -0.121. The molecule has 0 aromatic carbocycles. The molecule has 14 heavy (non-hydrogen) atoms. The van der Waals surface area contributed by atoms with Crippen LogP contribution in [0.15, 0.2) is 0 Å². The van der Waals surface area contributed by atoms with E-state index in [1.54, 1.807) is 0 Å². The molecule has 0 saturated carbocycles. The fourth-order valence-electron chi connectivity index (χ4n) is 1.53. The number of hydrogen-bond donors (Lipinski definition) is 2. The van der Waals surface area contributed by atoms with Gasteiger partial charge in [-0.2, -0.15) is 11.8 Å². The molecular weight excluding hydrogens is 196 g/mol. The Morgan fingerprint density at radius 3 is 3.00 bits per heavy atom. The topological polar surface area (TPSA) is 55.1 Å². The molecule has 0 aliphatic carbocycles. The normalized spacial score (nSPS) is 24.5. The third-order valence-corrected chi connectivity index (χ3v) is 3.98. The summed E-state index contributed by atoms with van der Waals surface area (Å²) in [6, 6.07) is 0. The van der Waals surface area contributed by atoms with Crippen molar-refractivity contribution < 1.29 is 4.79 Å². The van der Waals surface area contributed by atoms with Crippen molar-refractivity contribution in [1.82, 2.24) is 5.32 Å². The number of nitrogens with one attached hydrogen (secondary N) is 1. The number of thioether (sulfide) groups is 1. The van der Waals surface area contributed by atoms with E-state index in [4.69, 9.17) is 5.73 Å². The smallest absolute Gasteiger partial charge is 0.221 e. The molecule has 1 heterocycles. The van der Waals surface area contributed by atoms with Crippen molar-refractivity contribution in [2.24, 2.45) is 11.7 Å². The first-order valence-corrected chi connectivity index (χ1v) is 6.36. The minimum atomic E-state index is -0.214. The van der Waals surface area contributed by atoms with Gasteiger partial charge in [-0.1, -0.05) is 13.3 Å². The van der Waals surface area contributed by atoms with Gasteiger partial charge < -0.3 is 11.1 Å². The SMILES string of the molecule is CC(CNCC1CCCCS1)C(N)=O. The Morgan fingerprint density at radius 1 is 1.64 bits per heavy atom. The molecule has 0 radical (unpaired) electrons. The van der Waals surface area contributed by atoms with Crippen LogP contribution in [0.5, 0.6) is 0 Å². The fraction of sp³-hybridized carbons (Fsp3) is 0.900. The van der Waals surface area contributed by atoms with E-state index in [0.717, 1.165) is 11.8 Å². The Balaban J connectivity index is 2.05. The number of amides is 1. The highest BCUT2D eigenvalue weighted by atomic mass is 32.2. The number of carbonyl (C=O) groups is 1. The zero-order valence-corrected chi connectivity index (χ0v) is 9.61. The van der Waals surface area contributed by atoms with Crippen LogP contribution in [0.25, 0.3) is 0 Å². The second-order valence-electron chi connectivity index (χ2n) is 3.95. The van der Waals surface area contributed by atoms with Crippen LogP contribution >= 0.6 is 11.8 Å². The lowest BCUT2D eigenvalue weighted by Gasteiger charge is -2.22. The molecule has 3 N–H and O–H groups in total. The van der Waals surface area contributed by atoms with Crippen LogP contribution in [0, 0.1) is 5.92 Å². The lowest BCUT2D eigenvalue weighted by Crippen LogP contribution is -2.34. The average molecular weight is 216 g/mol. The maximum absolute atomic E-state index is 10.8. The largest absolute Gasteiger partial charge is 0.369 e. The molecule has 4 heteroatoms. The van der Waals surface area contributed by atoms with Gasteiger partial charge in [0, 0.05) is 24.3 Å². The molecule has 0 aromatic heterocycles. The van der Waals surface area contributed by atoms with Crippen molar-refractivity contribution in [3.05, 3.63) is 0 Å². The number of rotatable bonds is 5. The fourth-order valence-corrected chi connectivity index (χ4v) is 2.80. The predicted molar refractivity (Wildman–Crippen MR) is 61.3 cm³/mol. The van der Waals surface area contributed by atoms with E-state index in [9.17, 15) is 4.79 Å². The molecule has 1 fully saturated rings. The summed E-state index contributed by atoms with van der Waals surface area (Å²) in [6.45, 7) is 3.60. The first kappa shape index (κ1) is 11.9. The Kier molecular flexibility index (Phi) is 5.33. The molecule has 1 aliphatic rings. The second-order valence-corrected chi connectivity index (χ2v) is 5.36. The average Bonchev–Trinajstić information content (AvgIpc) is 2.19. The van der Waals surface area contributed by atoms with Crippen LogP contribution < -0.4 is 11.1 Å². The van der Waals surface area contributed by atoms with Crippen LogP contribution in [-0.4, -0.2) is 30.0 Å². The zero-order valence-electron chi connectivity index (χ0n) is 8.79. The lowest BCUT2D eigenvalue weighted by atomic mass is 10.1. The van der Waals surface area contributed by atoms with Crippen molar-refractivity contribution in [2.45, 2.75) is 31.4 Å². The van der Waals surface area contributed by atoms with E-state index in [1.807, 2.05) is 18.7 Å². The van der Waals surface area contributed by atoms with Gasteiger partial charge in [0.2, 0.25) is 5.91 Å². The van der Waals surface area contributed by atoms with Gasteiger partial charge in [0.1, 0.15) is 0 Å². The molecule has 2 unspecified atom stereocenters. The zero-order chi connectivity index (χ0) is 10.4. The van der Waals surface area contributed by atoms with Crippen LogP contribution in [0.4, 0.5) is 0 Å². The van der Waals surface area contributed by atoms with E-state index in [-0.39, 0.29) is 11.8 Å². The summed E-state index contributed by atoms with van der Waals surface area (Å²) in [7, 11) is 0. The van der Waals surface area contributed by atoms with Gasteiger partial charge in [-0.25, -0.2) is 0 Å². The Bertz CT molecular complexity index is 181. The summed E-state index contributed by atoms with van der Waals surface area (Å²) in [5.41, 5.74) is 5.17. The molecule has 1 saturated heterocycles. The van der Waals surface area contributed by atoms with Crippen LogP contribution in [-0.2, 0) is 4.79 Å². The Hall–Kier alpha value is -0.220. The highest BCUT2D eigenvalue weighted by Crippen LogP contribution is 2.24. The maximum Gasteiger partial charge on any atom is 0.221 e. The molecule has 1 aliphatic heterocycles. The van der Waals surface area contributed by atoms with Crippen LogP contribution in [0.2, 0.25) is 0 Å². The molecule has 0 spiro atoms. The Labute approximate surface area is 90.2 Å². The highest BCUT2D eigenvalue weighted by molar-refractivity contribution is 7.99. The summed E-state index contributed by atoms with van der Waals surface area (Å²) in [4.78, 5) is 10.8. The summed E-state index contributed by atoms with van der Waals surface area (Å²) in [5.74, 6) is 1.02. The molecule has 3 nitrogen and oxygen atoms in total. The van der Waals surface area contributed by atoms with E-state index in [1.165, 1.54) is 25.0 Å². The molecule has 82 valence electrons. The number of primary amides is 1. The van der Waals surface area contributed by atoms with E-state index >= 15 is 0 Å². The van der Waals surface area contributed by atoms with E-state index in [0.29, 0.717) is 6.54 Å². The maximum atomic E-state index is 10.8. The molecule has 1 rings (SSSR count). The van der Waals surface area contributed by atoms with Crippen LogP contribution in [0.1, 0.15) is 26.2 Å². The Morgan fingerprint density at radius 2 is 2.43 bits per heavy atom. The van der Waals surface area contributed by atoms with Gasteiger partial charge in [0.15, 0.2) is 0 Å². The third-order valence-electron chi connectivity index (χ3n) is 2.58. The minimum Gasteiger partial charge on any atom is -0.369 e. The standard InChI is InChI=1S/C10H20N2OS/c1-8(10(11)13)6-12-7-9-4-2-3-5-14-9/h8-9,12H,2-7H2,1H3,(H2,11,13). The van der Waals surface area contributed by atoms with Gasteiger partial charge in [0.05, 0.1) is 0 Å². The third kappa shape index (κ3) is 4.33. The molecule has 0 aromatic rings. The summed E-state index contributed by atoms with van der Waals surface area (Å²) < 4.78 is 0. The highest BCUT2D eigenvalue weighted by Gasteiger charge is 2.14. The quantitative estimate of drug-likeness (QED) is 0.720. The minimum absolute atomic E-state index is 0.0522. The second kappa shape index (κ2) is 6.30. The van der Waals surface area contributed by atoms with Crippen molar-refractivity contribution in [3.63, 3.8) is 0 Å². The van der Waals surface area contributed by atoms with Crippen LogP contribution in [0.3, 0.4) is 0 Å². The molecule has 0 bridgehead atoms. The van der Waals surface area contributed by atoms with Gasteiger partial charge in [-0.05, 0) is 18.6 Å². The molecule has 1 amide bonds. The van der Waals surface area contributed by atoms with Crippen molar-refractivity contribution >= 4 is 17.7 Å². The predicted octanol–water partition coefficient (Wildman–Crippen LogP) is 0.983. The van der Waals surface area contributed by atoms with Gasteiger partial charge in [-0.3, -0.25) is 4.79 Å². The summed E-state index contributed by atoms with van der Waals surface area (Å²) in [6.07, 6.45) is 4.02. The number of hydrogen-bond acceptors (Lipinski definition) is 3. The molecule has 2 atom stereocenters. The van der Waals surface area contributed by atoms with Gasteiger partial charge in [0.25, 0.3) is 0 Å². The van der Waals surface area contributed by atoms with Gasteiger partial charge >= 0.3 is 0 Å². The number of nitrogens with two attached hydrogens (primary N) is 1. The number of carbonyl (C=O) groups excluding carboxylic acids is 1. The first-order valence-electron chi connectivity index (χ1n) is 5.32.